The van der Waals surface area contributed by atoms with Gasteiger partial charge in [0, 0.05) is 24.5 Å². The van der Waals surface area contributed by atoms with Crippen LogP contribution in [-0.4, -0.2) is 20.3 Å². The molecule has 5 rings (SSSR count). The summed E-state index contributed by atoms with van der Waals surface area (Å²) in [5.41, 5.74) is 3.02. The van der Waals surface area contributed by atoms with Gasteiger partial charge in [0.05, 0.1) is 21.5 Å². The van der Waals surface area contributed by atoms with Gasteiger partial charge in [-0.1, -0.05) is 29.5 Å². The Labute approximate surface area is 199 Å². The highest BCUT2D eigenvalue weighted by Crippen LogP contribution is 2.31. The van der Waals surface area contributed by atoms with Crippen molar-refractivity contribution in [3.05, 3.63) is 102 Å². The fraction of sp³-hybridized carbons (Fsp3) is 0.200. The number of thiazole rings is 1. The van der Waals surface area contributed by atoms with Crippen LogP contribution in [0.2, 0.25) is 0 Å². The molecule has 1 aliphatic heterocycles. The molecule has 1 amide bonds. The topological polar surface area (TPSA) is 94.4 Å². The fourth-order valence-corrected chi connectivity index (χ4v) is 5.14. The van der Waals surface area contributed by atoms with E-state index in [1.807, 2.05) is 69.6 Å². The van der Waals surface area contributed by atoms with Crippen molar-refractivity contribution in [2.75, 3.05) is 5.32 Å². The zero-order valence-corrected chi connectivity index (χ0v) is 20.0. The van der Waals surface area contributed by atoms with Gasteiger partial charge in [-0.3, -0.25) is 18.8 Å². The van der Waals surface area contributed by atoms with Crippen LogP contribution < -0.4 is 20.2 Å². The minimum absolute atomic E-state index is 0.233. The van der Waals surface area contributed by atoms with Crippen LogP contribution in [0, 0.1) is 13.8 Å². The average molecular weight is 474 g/mol. The van der Waals surface area contributed by atoms with Crippen LogP contribution in [0.25, 0.3) is 6.08 Å². The Morgan fingerprint density at radius 2 is 1.91 bits per heavy atom. The molecule has 0 saturated carbocycles. The summed E-state index contributed by atoms with van der Waals surface area (Å²) in [6, 6.07) is 12.1. The molecule has 172 valence electrons. The van der Waals surface area contributed by atoms with Gasteiger partial charge in [-0.25, -0.2) is 4.99 Å². The molecule has 0 unspecified atom stereocenters. The summed E-state index contributed by atoms with van der Waals surface area (Å²) in [5.74, 6) is 0.875. The normalized spacial score (nSPS) is 15.9. The lowest BCUT2D eigenvalue weighted by Crippen LogP contribution is -2.40. The minimum Gasteiger partial charge on any atom is -0.464 e. The van der Waals surface area contributed by atoms with E-state index in [0.29, 0.717) is 37.8 Å². The maximum absolute atomic E-state index is 13.6. The number of rotatable bonds is 4. The highest BCUT2D eigenvalue weighted by atomic mass is 32.1. The molecule has 0 aliphatic carbocycles. The summed E-state index contributed by atoms with van der Waals surface area (Å²) in [5, 5.41) is 7.28. The van der Waals surface area contributed by atoms with Crippen molar-refractivity contribution in [1.82, 2.24) is 14.3 Å². The van der Waals surface area contributed by atoms with Crippen LogP contribution in [0.15, 0.2) is 74.1 Å². The van der Waals surface area contributed by atoms with E-state index in [9.17, 15) is 9.59 Å². The standard InChI is InChI=1S/C25H23N5O3S/c1-14-10-11-19(33-14)22-21(23(31)27-18-8-6-5-7-9-18)16(3)26-25-30(22)24(32)20(34-25)12-17-13-29(4)28-15(17)2/h5-13,22H,1-4H3,(H,27,31)/t22-/m0/s1. The third-order valence-electron chi connectivity index (χ3n) is 5.67. The number of anilines is 1. The number of carbonyl (C=O) groups excluding carboxylic acids is 1. The van der Waals surface area contributed by atoms with Crippen molar-refractivity contribution in [1.29, 1.82) is 0 Å². The summed E-state index contributed by atoms with van der Waals surface area (Å²) < 4.78 is 9.70. The van der Waals surface area contributed by atoms with E-state index in [1.54, 1.807) is 22.2 Å². The van der Waals surface area contributed by atoms with Gasteiger partial charge < -0.3 is 9.73 Å². The number of allylic oxidation sites excluding steroid dienone is 1. The highest BCUT2D eigenvalue weighted by molar-refractivity contribution is 7.07. The number of amides is 1. The van der Waals surface area contributed by atoms with E-state index in [1.165, 1.54) is 11.3 Å². The van der Waals surface area contributed by atoms with Crippen molar-refractivity contribution in [2.45, 2.75) is 26.8 Å². The van der Waals surface area contributed by atoms with E-state index in [-0.39, 0.29) is 11.5 Å². The largest absolute Gasteiger partial charge is 0.464 e. The zero-order chi connectivity index (χ0) is 24.0. The number of hydrogen-bond donors (Lipinski definition) is 1. The smallest absolute Gasteiger partial charge is 0.271 e. The molecule has 0 spiro atoms. The number of carbonyl (C=O) groups is 1. The predicted molar refractivity (Wildman–Crippen MR) is 130 cm³/mol. The number of fused-ring (bicyclic) bond motifs is 1. The summed E-state index contributed by atoms with van der Waals surface area (Å²) >= 11 is 1.29. The quantitative estimate of drug-likeness (QED) is 0.493. The lowest BCUT2D eigenvalue weighted by molar-refractivity contribution is -0.113. The molecule has 1 atom stereocenters. The number of furan rings is 1. The molecule has 4 aromatic rings. The Bertz CT molecular complexity index is 1620. The van der Waals surface area contributed by atoms with Crippen molar-refractivity contribution in [3.8, 4) is 0 Å². The summed E-state index contributed by atoms with van der Waals surface area (Å²) in [6.45, 7) is 5.51. The van der Waals surface area contributed by atoms with E-state index in [2.05, 4.69) is 15.4 Å². The molecule has 0 fully saturated rings. The van der Waals surface area contributed by atoms with Crippen LogP contribution in [0.3, 0.4) is 0 Å². The van der Waals surface area contributed by atoms with E-state index >= 15 is 0 Å². The SMILES string of the molecule is CC1=C(C(=O)Nc2ccccc2)[C@H](c2ccc(C)o2)n2c(sc(=Cc3cn(C)nc3C)c2=O)=N1. The predicted octanol–water partition coefficient (Wildman–Crippen LogP) is 2.82. The first-order chi connectivity index (χ1) is 16.3. The Morgan fingerprint density at radius 1 is 1.15 bits per heavy atom. The first-order valence-electron chi connectivity index (χ1n) is 10.8. The number of para-hydroxylation sites is 1. The molecular formula is C25H23N5O3S. The Morgan fingerprint density at radius 3 is 2.56 bits per heavy atom. The van der Waals surface area contributed by atoms with Crippen molar-refractivity contribution < 1.29 is 9.21 Å². The van der Waals surface area contributed by atoms with E-state index in [0.717, 1.165) is 11.3 Å². The summed E-state index contributed by atoms with van der Waals surface area (Å²) in [4.78, 5) is 32.2. The third-order valence-corrected chi connectivity index (χ3v) is 6.65. The van der Waals surface area contributed by atoms with Gasteiger partial charge in [0.1, 0.15) is 17.6 Å². The molecule has 1 aromatic carbocycles. The van der Waals surface area contributed by atoms with Gasteiger partial charge in [-0.2, -0.15) is 5.10 Å². The molecule has 9 heteroatoms. The van der Waals surface area contributed by atoms with Crippen molar-refractivity contribution in [3.63, 3.8) is 0 Å². The monoisotopic (exact) mass is 473 g/mol. The number of benzene rings is 1. The number of nitrogens with one attached hydrogen (secondary N) is 1. The summed E-state index contributed by atoms with van der Waals surface area (Å²) in [6.07, 6.45) is 3.69. The van der Waals surface area contributed by atoms with Gasteiger partial charge >= 0.3 is 0 Å². The second-order valence-electron chi connectivity index (χ2n) is 8.19. The highest BCUT2D eigenvalue weighted by Gasteiger charge is 2.34. The lowest BCUT2D eigenvalue weighted by Gasteiger charge is -2.23. The molecule has 8 nitrogen and oxygen atoms in total. The van der Waals surface area contributed by atoms with Gasteiger partial charge in [0.15, 0.2) is 4.80 Å². The second kappa shape index (κ2) is 8.42. The number of aromatic nitrogens is 3. The Balaban J connectivity index is 1.68. The van der Waals surface area contributed by atoms with Crippen LogP contribution in [0.1, 0.15) is 35.7 Å². The maximum atomic E-state index is 13.6. The van der Waals surface area contributed by atoms with E-state index in [4.69, 9.17) is 4.42 Å². The van der Waals surface area contributed by atoms with Gasteiger partial charge in [0.2, 0.25) is 0 Å². The number of nitrogens with zero attached hydrogens (tertiary/aromatic N) is 4. The second-order valence-corrected chi connectivity index (χ2v) is 9.20. The van der Waals surface area contributed by atoms with Crippen molar-refractivity contribution >= 4 is 29.0 Å². The van der Waals surface area contributed by atoms with Crippen LogP contribution in [-0.2, 0) is 11.8 Å². The average Bonchev–Trinajstić information content (AvgIpc) is 3.45. The van der Waals surface area contributed by atoms with Crippen molar-refractivity contribution in [2.24, 2.45) is 12.0 Å². The fourth-order valence-electron chi connectivity index (χ4n) is 4.10. The Kier molecular flexibility index (Phi) is 5.41. The molecule has 1 N–H and O–H groups in total. The molecule has 4 heterocycles. The number of aryl methyl sites for hydroxylation is 3. The molecule has 34 heavy (non-hydrogen) atoms. The van der Waals surface area contributed by atoms with Gasteiger partial charge in [-0.05, 0) is 51.1 Å². The zero-order valence-electron chi connectivity index (χ0n) is 19.2. The maximum Gasteiger partial charge on any atom is 0.271 e. The van der Waals surface area contributed by atoms with E-state index < -0.39 is 6.04 Å². The minimum atomic E-state index is -0.731. The molecular weight excluding hydrogens is 450 g/mol. The first-order valence-corrected chi connectivity index (χ1v) is 11.6. The summed E-state index contributed by atoms with van der Waals surface area (Å²) in [7, 11) is 1.84. The van der Waals surface area contributed by atoms with Crippen LogP contribution in [0.5, 0.6) is 0 Å². The molecule has 0 radical (unpaired) electrons. The van der Waals surface area contributed by atoms with Crippen LogP contribution >= 0.6 is 11.3 Å². The molecule has 3 aromatic heterocycles. The molecule has 0 bridgehead atoms. The Hall–Kier alpha value is -3.98. The number of hydrogen-bond acceptors (Lipinski definition) is 6. The molecule has 1 aliphatic rings. The third kappa shape index (κ3) is 3.84. The molecule has 0 saturated heterocycles. The first kappa shape index (κ1) is 21.8. The van der Waals surface area contributed by atoms with Gasteiger partial charge in [0.25, 0.3) is 11.5 Å². The van der Waals surface area contributed by atoms with Crippen LogP contribution in [0.4, 0.5) is 5.69 Å². The lowest BCUT2D eigenvalue weighted by atomic mass is 10.00. The van der Waals surface area contributed by atoms with Gasteiger partial charge in [-0.15, -0.1) is 0 Å².